The van der Waals surface area contributed by atoms with Gasteiger partial charge in [0, 0.05) is 19.7 Å². The predicted molar refractivity (Wildman–Crippen MR) is 64.6 cm³/mol. The van der Waals surface area contributed by atoms with Crippen molar-refractivity contribution < 1.29 is 9.53 Å². The molecule has 2 N–H and O–H groups in total. The molecule has 1 amide bonds. The van der Waals surface area contributed by atoms with Crippen molar-refractivity contribution in [3.63, 3.8) is 0 Å². The Balaban J connectivity index is 1.51. The van der Waals surface area contributed by atoms with Crippen LogP contribution < -0.4 is 10.6 Å². The molecule has 1 aliphatic heterocycles. The molecular weight excluding hydrogens is 216 g/mol. The number of methoxy groups -OCH3 is 1. The minimum absolute atomic E-state index is 0.0425. The summed E-state index contributed by atoms with van der Waals surface area (Å²) in [5, 5.41) is 6.48. The van der Waals surface area contributed by atoms with Gasteiger partial charge in [0.15, 0.2) is 0 Å². The predicted octanol–water partition coefficient (Wildman–Crippen LogP) is 0.668. The van der Waals surface area contributed by atoms with Gasteiger partial charge in [-0.15, -0.1) is 0 Å². The number of carbonyl (C=O) groups is 1. The van der Waals surface area contributed by atoms with Gasteiger partial charge in [-0.05, 0) is 37.5 Å². The highest BCUT2D eigenvalue weighted by atomic mass is 16.5. The van der Waals surface area contributed by atoms with Crippen LogP contribution in [-0.2, 0) is 9.53 Å². The average Bonchev–Trinajstić information content (AvgIpc) is 3.04. The fourth-order valence-electron chi connectivity index (χ4n) is 3.79. The maximum Gasteiger partial charge on any atom is 0.237 e. The Morgan fingerprint density at radius 2 is 2.18 bits per heavy atom. The van der Waals surface area contributed by atoms with Crippen molar-refractivity contribution in [1.29, 1.82) is 0 Å². The third-order valence-corrected chi connectivity index (χ3v) is 4.81. The van der Waals surface area contributed by atoms with E-state index < -0.39 is 0 Å². The molecule has 0 aromatic carbocycles. The van der Waals surface area contributed by atoms with Crippen molar-refractivity contribution in [3.05, 3.63) is 0 Å². The van der Waals surface area contributed by atoms with Gasteiger partial charge in [0.2, 0.25) is 5.91 Å². The number of carbonyl (C=O) groups excluding carboxylic acids is 1. The zero-order valence-electron chi connectivity index (χ0n) is 10.4. The van der Waals surface area contributed by atoms with Crippen molar-refractivity contribution in [2.75, 3.05) is 13.7 Å². The molecule has 4 heteroatoms. The maximum atomic E-state index is 12.1. The van der Waals surface area contributed by atoms with Crippen LogP contribution in [0.5, 0.6) is 0 Å². The molecule has 0 aromatic rings. The molecule has 3 fully saturated rings. The molecule has 5 unspecified atom stereocenters. The first kappa shape index (κ1) is 11.5. The Morgan fingerprint density at radius 1 is 1.29 bits per heavy atom. The Morgan fingerprint density at radius 3 is 2.76 bits per heavy atom. The molecule has 0 aromatic heterocycles. The average molecular weight is 238 g/mol. The van der Waals surface area contributed by atoms with Gasteiger partial charge in [-0.3, -0.25) is 4.79 Å². The van der Waals surface area contributed by atoms with Gasteiger partial charge in [-0.25, -0.2) is 0 Å². The van der Waals surface area contributed by atoms with Crippen molar-refractivity contribution >= 4 is 5.91 Å². The first-order valence-corrected chi connectivity index (χ1v) is 6.83. The van der Waals surface area contributed by atoms with Crippen molar-refractivity contribution in [2.24, 2.45) is 11.8 Å². The SMILES string of the molecule is COC1CNC(C(=O)NC2CC3CCC2C3)C1. The van der Waals surface area contributed by atoms with E-state index >= 15 is 0 Å². The van der Waals surface area contributed by atoms with E-state index in [2.05, 4.69) is 10.6 Å². The van der Waals surface area contributed by atoms with Gasteiger partial charge in [0.05, 0.1) is 12.1 Å². The van der Waals surface area contributed by atoms with Crippen molar-refractivity contribution in [2.45, 2.75) is 50.3 Å². The molecule has 2 bridgehead atoms. The van der Waals surface area contributed by atoms with Crippen LogP contribution in [0.4, 0.5) is 0 Å². The fourth-order valence-corrected chi connectivity index (χ4v) is 3.79. The van der Waals surface area contributed by atoms with E-state index in [1.54, 1.807) is 7.11 Å². The lowest BCUT2D eigenvalue weighted by molar-refractivity contribution is -0.124. The molecule has 96 valence electrons. The number of hydrogen-bond acceptors (Lipinski definition) is 3. The highest BCUT2D eigenvalue weighted by Crippen LogP contribution is 2.44. The number of hydrogen-bond donors (Lipinski definition) is 2. The van der Waals surface area contributed by atoms with Crippen molar-refractivity contribution in [1.82, 2.24) is 10.6 Å². The number of amides is 1. The van der Waals surface area contributed by atoms with Crippen LogP contribution in [0.25, 0.3) is 0 Å². The Labute approximate surface area is 102 Å². The lowest BCUT2D eigenvalue weighted by Gasteiger charge is -2.24. The van der Waals surface area contributed by atoms with Gasteiger partial charge in [0.1, 0.15) is 0 Å². The van der Waals surface area contributed by atoms with Crippen LogP contribution in [0.3, 0.4) is 0 Å². The first-order valence-electron chi connectivity index (χ1n) is 6.83. The Bertz CT molecular complexity index is 308. The standard InChI is InChI=1S/C13H22N2O2/c1-17-10-6-12(14-7-10)13(16)15-11-5-8-2-3-9(11)4-8/h8-12,14H,2-7H2,1H3,(H,15,16). The summed E-state index contributed by atoms with van der Waals surface area (Å²) in [4.78, 5) is 12.1. The highest BCUT2D eigenvalue weighted by molar-refractivity contribution is 5.82. The summed E-state index contributed by atoms with van der Waals surface area (Å²) in [5.74, 6) is 1.82. The lowest BCUT2D eigenvalue weighted by Crippen LogP contribution is -2.46. The molecule has 1 saturated heterocycles. The first-order chi connectivity index (χ1) is 8.26. The molecule has 4 nitrogen and oxygen atoms in total. The van der Waals surface area contributed by atoms with Crippen LogP contribution in [0.1, 0.15) is 32.1 Å². The summed E-state index contributed by atoms with van der Waals surface area (Å²) in [6.07, 6.45) is 6.24. The van der Waals surface area contributed by atoms with Gasteiger partial charge in [0.25, 0.3) is 0 Å². The van der Waals surface area contributed by atoms with Crippen LogP contribution in [0.15, 0.2) is 0 Å². The summed E-state index contributed by atoms with van der Waals surface area (Å²) in [5.41, 5.74) is 0. The van der Waals surface area contributed by atoms with E-state index in [4.69, 9.17) is 4.74 Å². The van der Waals surface area contributed by atoms with E-state index in [1.807, 2.05) is 0 Å². The molecule has 0 spiro atoms. The molecule has 2 aliphatic carbocycles. The Kier molecular flexibility index (Phi) is 3.09. The topological polar surface area (TPSA) is 50.4 Å². The van der Waals surface area contributed by atoms with E-state index in [0.29, 0.717) is 6.04 Å². The monoisotopic (exact) mass is 238 g/mol. The molecule has 3 rings (SSSR count). The second-order valence-corrected chi connectivity index (χ2v) is 5.84. The second-order valence-electron chi connectivity index (χ2n) is 5.84. The minimum atomic E-state index is -0.0425. The molecular formula is C13H22N2O2. The highest BCUT2D eigenvalue weighted by Gasteiger charge is 2.41. The van der Waals surface area contributed by atoms with Crippen LogP contribution in [0.2, 0.25) is 0 Å². The van der Waals surface area contributed by atoms with Gasteiger partial charge >= 0.3 is 0 Å². The molecule has 0 radical (unpaired) electrons. The summed E-state index contributed by atoms with van der Waals surface area (Å²) >= 11 is 0. The number of fused-ring (bicyclic) bond motifs is 2. The molecule has 1 heterocycles. The summed E-state index contributed by atoms with van der Waals surface area (Å²) in [7, 11) is 1.71. The zero-order valence-corrected chi connectivity index (χ0v) is 10.4. The number of nitrogens with one attached hydrogen (secondary N) is 2. The van der Waals surface area contributed by atoms with Crippen LogP contribution in [0, 0.1) is 11.8 Å². The van der Waals surface area contributed by atoms with Gasteiger partial charge in [-0.2, -0.15) is 0 Å². The summed E-state index contributed by atoms with van der Waals surface area (Å²) in [6.45, 7) is 0.797. The van der Waals surface area contributed by atoms with Gasteiger partial charge in [-0.1, -0.05) is 6.42 Å². The van der Waals surface area contributed by atoms with Crippen molar-refractivity contribution in [3.8, 4) is 0 Å². The zero-order chi connectivity index (χ0) is 11.8. The summed E-state index contributed by atoms with van der Waals surface area (Å²) < 4.78 is 5.27. The van der Waals surface area contributed by atoms with E-state index in [0.717, 1.165) is 24.8 Å². The van der Waals surface area contributed by atoms with Crippen LogP contribution >= 0.6 is 0 Å². The number of ether oxygens (including phenoxy) is 1. The molecule has 17 heavy (non-hydrogen) atoms. The third kappa shape index (κ3) is 2.20. The second kappa shape index (κ2) is 4.58. The molecule has 3 aliphatic rings. The largest absolute Gasteiger partial charge is 0.380 e. The van der Waals surface area contributed by atoms with Crippen LogP contribution in [-0.4, -0.2) is 37.7 Å². The molecule has 5 atom stereocenters. The summed E-state index contributed by atoms with van der Waals surface area (Å²) in [6, 6.07) is 0.406. The number of rotatable bonds is 3. The third-order valence-electron chi connectivity index (χ3n) is 4.81. The minimum Gasteiger partial charge on any atom is -0.380 e. The maximum absolute atomic E-state index is 12.1. The van der Waals surface area contributed by atoms with E-state index in [-0.39, 0.29) is 18.1 Å². The smallest absolute Gasteiger partial charge is 0.237 e. The van der Waals surface area contributed by atoms with Gasteiger partial charge < -0.3 is 15.4 Å². The van der Waals surface area contributed by atoms with E-state index in [1.165, 1.54) is 25.7 Å². The normalized spacial score (nSPS) is 44.2. The quantitative estimate of drug-likeness (QED) is 0.760. The lowest BCUT2D eigenvalue weighted by atomic mass is 9.95. The van der Waals surface area contributed by atoms with E-state index in [9.17, 15) is 4.79 Å². The molecule has 2 saturated carbocycles. The fraction of sp³-hybridized carbons (Fsp3) is 0.923. The Hall–Kier alpha value is -0.610.